The van der Waals surface area contributed by atoms with Crippen LogP contribution < -0.4 is 5.73 Å². The van der Waals surface area contributed by atoms with Gasteiger partial charge in [0, 0.05) is 5.69 Å². The summed E-state index contributed by atoms with van der Waals surface area (Å²) in [5.74, 6) is 0.310. The monoisotopic (exact) mass is 165 g/mol. The standard InChI is InChI=1S/C10H12FN/c11-10-6-8(12)4-5-9(10)7-2-1-3-7/h4-7H,1-3,12H2. The van der Waals surface area contributed by atoms with E-state index in [1.54, 1.807) is 6.07 Å². The summed E-state index contributed by atoms with van der Waals surface area (Å²) in [5, 5.41) is 0. The van der Waals surface area contributed by atoms with Crippen LogP contribution in [0.25, 0.3) is 0 Å². The number of nitrogens with two attached hydrogens (primary N) is 1. The fourth-order valence-corrected chi connectivity index (χ4v) is 1.59. The molecule has 1 nitrogen and oxygen atoms in total. The van der Waals surface area contributed by atoms with Crippen molar-refractivity contribution < 1.29 is 4.39 Å². The summed E-state index contributed by atoms with van der Waals surface area (Å²) in [4.78, 5) is 0. The van der Waals surface area contributed by atoms with E-state index < -0.39 is 0 Å². The molecular weight excluding hydrogens is 153 g/mol. The van der Waals surface area contributed by atoms with Crippen molar-refractivity contribution >= 4 is 5.69 Å². The maximum Gasteiger partial charge on any atom is 0.128 e. The summed E-state index contributed by atoms with van der Waals surface area (Å²) >= 11 is 0. The van der Waals surface area contributed by atoms with E-state index in [2.05, 4.69) is 0 Å². The van der Waals surface area contributed by atoms with Crippen LogP contribution in [0, 0.1) is 5.82 Å². The van der Waals surface area contributed by atoms with Gasteiger partial charge in [-0.05, 0) is 36.5 Å². The van der Waals surface area contributed by atoms with E-state index in [0.29, 0.717) is 11.6 Å². The number of benzene rings is 1. The van der Waals surface area contributed by atoms with Gasteiger partial charge in [-0.15, -0.1) is 0 Å². The normalized spacial score (nSPS) is 17.4. The summed E-state index contributed by atoms with van der Waals surface area (Å²) in [7, 11) is 0. The second-order valence-electron chi connectivity index (χ2n) is 3.41. The lowest BCUT2D eigenvalue weighted by Gasteiger charge is -2.26. The molecule has 0 spiro atoms. The van der Waals surface area contributed by atoms with E-state index in [1.807, 2.05) is 6.07 Å². The van der Waals surface area contributed by atoms with Crippen LogP contribution in [0.5, 0.6) is 0 Å². The summed E-state index contributed by atoms with van der Waals surface area (Å²) in [6.45, 7) is 0. The highest BCUT2D eigenvalue weighted by molar-refractivity contribution is 5.41. The Labute approximate surface area is 71.4 Å². The molecular formula is C10H12FN. The van der Waals surface area contributed by atoms with Crippen LogP contribution in [-0.2, 0) is 0 Å². The van der Waals surface area contributed by atoms with E-state index in [1.165, 1.54) is 12.5 Å². The van der Waals surface area contributed by atoms with Gasteiger partial charge < -0.3 is 5.73 Å². The van der Waals surface area contributed by atoms with Gasteiger partial charge in [0.1, 0.15) is 5.82 Å². The minimum atomic E-state index is -0.139. The van der Waals surface area contributed by atoms with Gasteiger partial charge in [0.05, 0.1) is 0 Å². The van der Waals surface area contributed by atoms with Gasteiger partial charge in [0.15, 0.2) is 0 Å². The number of halogens is 1. The smallest absolute Gasteiger partial charge is 0.128 e. The molecule has 1 saturated carbocycles. The van der Waals surface area contributed by atoms with Gasteiger partial charge in [-0.1, -0.05) is 12.5 Å². The Kier molecular flexibility index (Phi) is 1.75. The second kappa shape index (κ2) is 2.77. The average molecular weight is 165 g/mol. The molecule has 12 heavy (non-hydrogen) atoms. The Morgan fingerprint density at radius 2 is 2.08 bits per heavy atom. The van der Waals surface area contributed by atoms with Gasteiger partial charge in [-0.3, -0.25) is 0 Å². The Morgan fingerprint density at radius 3 is 2.58 bits per heavy atom. The molecule has 64 valence electrons. The zero-order valence-corrected chi connectivity index (χ0v) is 6.89. The van der Waals surface area contributed by atoms with Crippen molar-refractivity contribution in [2.24, 2.45) is 0 Å². The summed E-state index contributed by atoms with van der Waals surface area (Å²) < 4.78 is 13.2. The highest BCUT2D eigenvalue weighted by Gasteiger charge is 2.22. The summed E-state index contributed by atoms with van der Waals surface area (Å²) in [6, 6.07) is 5.00. The maximum absolute atomic E-state index is 13.2. The molecule has 2 rings (SSSR count). The third kappa shape index (κ3) is 1.17. The largest absolute Gasteiger partial charge is 0.399 e. The first-order valence-corrected chi connectivity index (χ1v) is 4.32. The van der Waals surface area contributed by atoms with Crippen LogP contribution in [0.4, 0.5) is 10.1 Å². The minimum absolute atomic E-state index is 0.139. The van der Waals surface area contributed by atoms with Gasteiger partial charge in [0.25, 0.3) is 0 Å². The molecule has 2 heteroatoms. The lowest BCUT2D eigenvalue weighted by atomic mass is 9.80. The molecule has 0 saturated heterocycles. The highest BCUT2D eigenvalue weighted by atomic mass is 19.1. The fraction of sp³-hybridized carbons (Fsp3) is 0.400. The van der Waals surface area contributed by atoms with Crippen LogP contribution in [0.3, 0.4) is 0 Å². The van der Waals surface area contributed by atoms with Crippen LogP contribution in [0.2, 0.25) is 0 Å². The average Bonchev–Trinajstić information content (AvgIpc) is 1.91. The molecule has 0 radical (unpaired) electrons. The predicted molar refractivity (Wildman–Crippen MR) is 47.4 cm³/mol. The Hall–Kier alpha value is -1.05. The molecule has 1 aromatic carbocycles. The quantitative estimate of drug-likeness (QED) is 0.636. The molecule has 0 unspecified atom stereocenters. The van der Waals surface area contributed by atoms with E-state index in [9.17, 15) is 4.39 Å². The molecule has 0 bridgehead atoms. The third-order valence-electron chi connectivity index (χ3n) is 2.57. The van der Waals surface area contributed by atoms with Crippen LogP contribution in [0.1, 0.15) is 30.7 Å². The van der Waals surface area contributed by atoms with E-state index >= 15 is 0 Å². The van der Waals surface area contributed by atoms with Crippen molar-refractivity contribution in [1.29, 1.82) is 0 Å². The molecule has 1 fully saturated rings. The van der Waals surface area contributed by atoms with Crippen molar-refractivity contribution in [3.63, 3.8) is 0 Å². The Morgan fingerprint density at radius 1 is 1.33 bits per heavy atom. The third-order valence-corrected chi connectivity index (χ3v) is 2.57. The van der Waals surface area contributed by atoms with Crippen molar-refractivity contribution in [3.8, 4) is 0 Å². The number of nitrogen functional groups attached to an aromatic ring is 1. The lowest BCUT2D eigenvalue weighted by molar-refractivity contribution is 0.404. The van der Waals surface area contributed by atoms with Crippen molar-refractivity contribution in [3.05, 3.63) is 29.6 Å². The van der Waals surface area contributed by atoms with Gasteiger partial charge in [-0.2, -0.15) is 0 Å². The SMILES string of the molecule is Nc1ccc(C2CCC2)c(F)c1. The molecule has 0 atom stereocenters. The van der Waals surface area contributed by atoms with Crippen LogP contribution in [0.15, 0.2) is 18.2 Å². The van der Waals surface area contributed by atoms with Crippen molar-refractivity contribution in [2.75, 3.05) is 5.73 Å². The van der Waals surface area contributed by atoms with Gasteiger partial charge >= 0.3 is 0 Å². The van der Waals surface area contributed by atoms with Crippen molar-refractivity contribution in [2.45, 2.75) is 25.2 Å². The molecule has 0 aliphatic heterocycles. The summed E-state index contributed by atoms with van der Waals surface area (Å²) in [5.41, 5.74) is 6.80. The lowest BCUT2D eigenvalue weighted by Crippen LogP contribution is -2.10. The van der Waals surface area contributed by atoms with E-state index in [0.717, 1.165) is 18.4 Å². The van der Waals surface area contributed by atoms with E-state index in [4.69, 9.17) is 5.73 Å². The van der Waals surface area contributed by atoms with Crippen LogP contribution in [-0.4, -0.2) is 0 Å². The van der Waals surface area contributed by atoms with Crippen molar-refractivity contribution in [1.82, 2.24) is 0 Å². The first kappa shape index (κ1) is 7.59. The fourth-order valence-electron chi connectivity index (χ4n) is 1.59. The van der Waals surface area contributed by atoms with Gasteiger partial charge in [-0.25, -0.2) is 4.39 Å². The van der Waals surface area contributed by atoms with E-state index in [-0.39, 0.29) is 5.82 Å². The zero-order valence-electron chi connectivity index (χ0n) is 6.89. The number of hydrogen-bond acceptors (Lipinski definition) is 1. The molecule has 0 aromatic heterocycles. The maximum atomic E-state index is 13.2. The molecule has 1 aromatic rings. The van der Waals surface area contributed by atoms with Gasteiger partial charge in [0.2, 0.25) is 0 Å². The molecule has 1 aliphatic carbocycles. The number of anilines is 1. The van der Waals surface area contributed by atoms with Crippen LogP contribution >= 0.6 is 0 Å². The topological polar surface area (TPSA) is 26.0 Å². The highest BCUT2D eigenvalue weighted by Crippen LogP contribution is 2.37. The first-order valence-electron chi connectivity index (χ1n) is 4.32. The Balaban J connectivity index is 2.31. The summed E-state index contributed by atoms with van der Waals surface area (Å²) in [6.07, 6.45) is 3.48. The minimum Gasteiger partial charge on any atom is -0.399 e. The second-order valence-corrected chi connectivity index (χ2v) is 3.41. The number of rotatable bonds is 1. The zero-order chi connectivity index (χ0) is 8.55. The first-order chi connectivity index (χ1) is 5.77. The molecule has 0 amide bonds. The number of hydrogen-bond donors (Lipinski definition) is 1. The molecule has 1 aliphatic rings. The Bertz CT molecular complexity index is 292. The predicted octanol–water partition coefficient (Wildman–Crippen LogP) is 2.68. The molecule has 0 heterocycles. The molecule has 2 N–H and O–H groups in total.